The first-order chi connectivity index (χ1) is 9.74. The molecule has 2 heteroatoms. The van der Waals surface area contributed by atoms with Crippen LogP contribution in [0.4, 0.5) is 0 Å². The summed E-state index contributed by atoms with van der Waals surface area (Å²) in [4.78, 5) is 1.41. The van der Waals surface area contributed by atoms with E-state index < -0.39 is 0 Å². The average molecular weight is 289 g/mol. The number of rotatable bonds is 8. The molecule has 0 radical (unpaired) electrons. The third-order valence-corrected chi connectivity index (χ3v) is 5.57. The first-order valence-corrected chi connectivity index (χ1v) is 9.19. The van der Waals surface area contributed by atoms with Crippen molar-refractivity contribution >= 4 is 11.8 Å². The van der Waals surface area contributed by atoms with E-state index in [1.54, 1.807) is 0 Å². The van der Waals surface area contributed by atoms with E-state index in [1.165, 1.54) is 41.9 Å². The van der Waals surface area contributed by atoms with E-state index in [0.29, 0.717) is 5.92 Å². The summed E-state index contributed by atoms with van der Waals surface area (Å²) in [5.74, 6) is 3.85. The van der Waals surface area contributed by atoms with Crippen molar-refractivity contribution in [3.05, 3.63) is 29.8 Å². The molecule has 2 fully saturated rings. The highest BCUT2D eigenvalue weighted by molar-refractivity contribution is 7.99. The molecule has 0 aromatic heterocycles. The molecule has 0 aliphatic heterocycles. The van der Waals surface area contributed by atoms with Crippen molar-refractivity contribution in [1.29, 1.82) is 0 Å². The molecule has 1 aromatic carbocycles. The lowest BCUT2D eigenvalue weighted by Gasteiger charge is -2.17. The normalized spacial score (nSPS) is 19.0. The summed E-state index contributed by atoms with van der Waals surface area (Å²) < 4.78 is 0. The fourth-order valence-corrected chi connectivity index (χ4v) is 3.76. The Morgan fingerprint density at radius 2 is 1.65 bits per heavy atom. The van der Waals surface area contributed by atoms with Gasteiger partial charge in [0.1, 0.15) is 0 Å². The van der Waals surface area contributed by atoms with E-state index in [4.69, 9.17) is 0 Å². The Morgan fingerprint density at radius 1 is 1.05 bits per heavy atom. The zero-order valence-corrected chi connectivity index (χ0v) is 13.6. The Balaban J connectivity index is 1.38. The summed E-state index contributed by atoms with van der Waals surface area (Å²) in [6.07, 6.45) is 5.88. The highest BCUT2D eigenvalue weighted by Gasteiger charge is 2.40. The van der Waals surface area contributed by atoms with Gasteiger partial charge in [-0.15, -0.1) is 11.8 Å². The van der Waals surface area contributed by atoms with Gasteiger partial charge in [0.05, 0.1) is 0 Å². The van der Waals surface area contributed by atoms with Gasteiger partial charge in [0.15, 0.2) is 0 Å². The maximum absolute atomic E-state index is 3.82. The van der Waals surface area contributed by atoms with Crippen molar-refractivity contribution in [2.75, 3.05) is 12.3 Å². The van der Waals surface area contributed by atoms with E-state index in [2.05, 4.69) is 43.4 Å². The van der Waals surface area contributed by atoms with Crippen molar-refractivity contribution in [2.24, 2.45) is 11.8 Å². The number of hydrogen-bond donors (Lipinski definition) is 1. The lowest BCUT2D eigenvalue weighted by atomic mass is 10.0. The zero-order chi connectivity index (χ0) is 13.9. The van der Waals surface area contributed by atoms with Gasteiger partial charge in [-0.3, -0.25) is 0 Å². The molecule has 110 valence electrons. The van der Waals surface area contributed by atoms with Crippen molar-refractivity contribution in [1.82, 2.24) is 5.32 Å². The van der Waals surface area contributed by atoms with E-state index in [1.807, 2.05) is 11.8 Å². The van der Waals surface area contributed by atoms with Gasteiger partial charge < -0.3 is 5.32 Å². The van der Waals surface area contributed by atoms with Gasteiger partial charge in [-0.1, -0.05) is 26.0 Å². The number of thioether (sulfide) groups is 1. The van der Waals surface area contributed by atoms with E-state index in [-0.39, 0.29) is 0 Å². The van der Waals surface area contributed by atoms with Gasteiger partial charge in [0.25, 0.3) is 0 Å². The predicted molar refractivity (Wildman–Crippen MR) is 88.5 cm³/mol. The summed E-state index contributed by atoms with van der Waals surface area (Å²) in [6, 6.07) is 9.95. The second-order valence-electron chi connectivity index (χ2n) is 6.73. The molecular weight excluding hydrogens is 262 g/mol. The quantitative estimate of drug-likeness (QED) is 0.551. The molecule has 2 aliphatic carbocycles. The lowest BCUT2D eigenvalue weighted by Crippen LogP contribution is -2.34. The van der Waals surface area contributed by atoms with Gasteiger partial charge in [-0.2, -0.15) is 0 Å². The molecule has 0 atom stereocenters. The van der Waals surface area contributed by atoms with Crippen LogP contribution in [0.3, 0.4) is 0 Å². The van der Waals surface area contributed by atoms with Crippen LogP contribution < -0.4 is 5.32 Å². The standard InChI is InChI=1S/C18H27NS/c1-13(2)14-7-9-17(10-8-14)20-12-11-19-18(15-3-4-15)16-5-6-16/h7-10,13,15-16,18-19H,3-6,11-12H2,1-2H3. The number of benzene rings is 1. The lowest BCUT2D eigenvalue weighted by molar-refractivity contribution is 0.429. The van der Waals surface area contributed by atoms with Crippen LogP contribution in [0.15, 0.2) is 29.2 Å². The van der Waals surface area contributed by atoms with Crippen LogP contribution in [-0.4, -0.2) is 18.3 Å². The van der Waals surface area contributed by atoms with E-state index >= 15 is 0 Å². The summed E-state index contributed by atoms with van der Waals surface area (Å²) in [6.45, 7) is 5.66. The van der Waals surface area contributed by atoms with E-state index in [0.717, 1.165) is 24.4 Å². The van der Waals surface area contributed by atoms with Crippen LogP contribution in [-0.2, 0) is 0 Å². The Hall–Kier alpha value is -0.470. The maximum atomic E-state index is 3.82. The second kappa shape index (κ2) is 6.53. The molecule has 0 unspecified atom stereocenters. The molecule has 0 bridgehead atoms. The van der Waals surface area contributed by atoms with Crippen molar-refractivity contribution < 1.29 is 0 Å². The summed E-state index contributed by atoms with van der Waals surface area (Å²) in [5.41, 5.74) is 1.44. The second-order valence-corrected chi connectivity index (χ2v) is 7.90. The van der Waals surface area contributed by atoms with Crippen molar-refractivity contribution in [2.45, 2.75) is 56.4 Å². The molecule has 20 heavy (non-hydrogen) atoms. The van der Waals surface area contributed by atoms with E-state index in [9.17, 15) is 0 Å². The summed E-state index contributed by atoms with van der Waals surface area (Å²) >= 11 is 1.98. The van der Waals surface area contributed by atoms with Gasteiger partial charge in [0.2, 0.25) is 0 Å². The smallest absolute Gasteiger partial charge is 0.0124 e. The molecule has 0 saturated heterocycles. The third-order valence-electron chi connectivity index (χ3n) is 4.56. The minimum absolute atomic E-state index is 0.633. The zero-order valence-electron chi connectivity index (χ0n) is 12.8. The fraction of sp³-hybridized carbons (Fsp3) is 0.667. The molecular formula is C18H27NS. The van der Waals surface area contributed by atoms with Crippen molar-refractivity contribution in [3.63, 3.8) is 0 Å². The van der Waals surface area contributed by atoms with Crippen LogP contribution in [0.1, 0.15) is 51.0 Å². The first kappa shape index (κ1) is 14.5. The molecule has 0 heterocycles. The molecule has 0 amide bonds. The Bertz CT molecular complexity index is 406. The van der Waals surface area contributed by atoms with Crippen LogP contribution in [0, 0.1) is 11.8 Å². The Morgan fingerprint density at radius 3 is 2.15 bits per heavy atom. The third kappa shape index (κ3) is 4.02. The van der Waals surface area contributed by atoms with Gasteiger partial charge >= 0.3 is 0 Å². The molecule has 2 saturated carbocycles. The van der Waals surface area contributed by atoms with Crippen LogP contribution in [0.2, 0.25) is 0 Å². The van der Waals surface area contributed by atoms with Gasteiger partial charge in [0, 0.05) is 23.2 Å². The maximum Gasteiger partial charge on any atom is 0.0124 e. The fourth-order valence-electron chi connectivity index (χ4n) is 2.97. The van der Waals surface area contributed by atoms with Crippen LogP contribution in [0.5, 0.6) is 0 Å². The first-order valence-electron chi connectivity index (χ1n) is 8.20. The average Bonchev–Trinajstić information content (AvgIpc) is 3.32. The minimum Gasteiger partial charge on any atom is -0.313 e. The predicted octanol–water partition coefficient (Wildman–Crippen LogP) is 4.68. The van der Waals surface area contributed by atoms with Crippen molar-refractivity contribution in [3.8, 4) is 0 Å². The number of hydrogen-bond acceptors (Lipinski definition) is 2. The largest absolute Gasteiger partial charge is 0.313 e. The highest BCUT2D eigenvalue weighted by atomic mass is 32.2. The Labute approximate surface area is 127 Å². The number of nitrogens with one attached hydrogen (secondary N) is 1. The SMILES string of the molecule is CC(C)c1ccc(SCCNC(C2CC2)C2CC2)cc1. The topological polar surface area (TPSA) is 12.0 Å². The summed E-state index contributed by atoms with van der Waals surface area (Å²) in [7, 11) is 0. The molecule has 3 rings (SSSR count). The Kier molecular flexibility index (Phi) is 4.72. The molecule has 2 aliphatic rings. The van der Waals surface area contributed by atoms with Gasteiger partial charge in [-0.25, -0.2) is 0 Å². The molecule has 1 N–H and O–H groups in total. The van der Waals surface area contributed by atoms with Crippen LogP contribution >= 0.6 is 11.8 Å². The highest BCUT2D eigenvalue weighted by Crippen LogP contribution is 2.44. The van der Waals surface area contributed by atoms with Crippen LogP contribution in [0.25, 0.3) is 0 Å². The minimum atomic E-state index is 0.633. The summed E-state index contributed by atoms with van der Waals surface area (Å²) in [5, 5.41) is 3.82. The molecule has 1 aromatic rings. The van der Waals surface area contributed by atoms with Gasteiger partial charge in [-0.05, 0) is 61.1 Å². The monoisotopic (exact) mass is 289 g/mol. The molecule has 0 spiro atoms. The molecule has 1 nitrogen and oxygen atoms in total.